The van der Waals surface area contributed by atoms with E-state index in [1.54, 1.807) is 24.8 Å². The topological polar surface area (TPSA) is 43.8 Å². The molecular weight excluding hydrogens is 193 g/mol. The van der Waals surface area contributed by atoms with Crippen LogP contribution in [0, 0.1) is 5.82 Å². The minimum Gasteiger partial charge on any atom is -0.324 e. The molecule has 0 fully saturated rings. The first-order valence-electron chi connectivity index (χ1n) is 4.72. The van der Waals surface area contributed by atoms with Crippen LogP contribution in [0.3, 0.4) is 0 Å². The normalized spacial score (nSPS) is 12.7. The first-order valence-corrected chi connectivity index (χ1v) is 4.72. The molecule has 0 amide bonds. The molecule has 15 heavy (non-hydrogen) atoms. The number of imidazole rings is 1. The van der Waals surface area contributed by atoms with Gasteiger partial charge in [-0.3, -0.25) is 0 Å². The average molecular weight is 205 g/mol. The summed E-state index contributed by atoms with van der Waals surface area (Å²) >= 11 is 0. The number of benzene rings is 1. The molecule has 78 valence electrons. The standard InChI is InChI=1S/C11H12FN3/c1-8(13)10-6-9(12)2-3-11(10)15-5-4-14-7-15/h2-8H,13H2,1H3/t8-/m1/s1. The van der Waals surface area contributed by atoms with Gasteiger partial charge in [0.2, 0.25) is 0 Å². The molecule has 1 aromatic heterocycles. The molecule has 0 aliphatic heterocycles. The Hall–Kier alpha value is -1.68. The van der Waals surface area contributed by atoms with Crippen LogP contribution >= 0.6 is 0 Å². The predicted molar refractivity (Wildman–Crippen MR) is 56.1 cm³/mol. The fraction of sp³-hybridized carbons (Fsp3) is 0.182. The third kappa shape index (κ3) is 1.89. The monoisotopic (exact) mass is 205 g/mol. The Morgan fingerprint density at radius 3 is 2.87 bits per heavy atom. The Morgan fingerprint density at radius 2 is 2.27 bits per heavy atom. The molecule has 1 aromatic carbocycles. The number of rotatable bonds is 2. The second-order valence-corrected chi connectivity index (χ2v) is 3.46. The molecule has 0 radical (unpaired) electrons. The number of aromatic nitrogens is 2. The van der Waals surface area contributed by atoms with Gasteiger partial charge in [0, 0.05) is 18.4 Å². The van der Waals surface area contributed by atoms with E-state index in [-0.39, 0.29) is 11.9 Å². The lowest BCUT2D eigenvalue weighted by atomic mass is 10.1. The van der Waals surface area contributed by atoms with E-state index in [1.165, 1.54) is 12.1 Å². The highest BCUT2D eigenvalue weighted by Gasteiger charge is 2.09. The summed E-state index contributed by atoms with van der Waals surface area (Å²) in [5.74, 6) is -0.272. The van der Waals surface area contributed by atoms with Crippen LogP contribution in [0.5, 0.6) is 0 Å². The Kier molecular flexibility index (Phi) is 2.51. The minimum absolute atomic E-state index is 0.210. The van der Waals surface area contributed by atoms with E-state index < -0.39 is 0 Å². The maximum absolute atomic E-state index is 13.1. The molecular formula is C11H12FN3. The molecule has 1 heterocycles. The van der Waals surface area contributed by atoms with Gasteiger partial charge in [-0.25, -0.2) is 9.37 Å². The molecule has 4 heteroatoms. The van der Waals surface area contributed by atoms with Gasteiger partial charge >= 0.3 is 0 Å². The number of nitrogens with zero attached hydrogens (tertiary/aromatic N) is 2. The summed E-state index contributed by atoms with van der Waals surface area (Å²) in [5, 5.41) is 0. The van der Waals surface area contributed by atoms with Crippen molar-refractivity contribution in [1.82, 2.24) is 9.55 Å². The fourth-order valence-corrected chi connectivity index (χ4v) is 1.53. The third-order valence-electron chi connectivity index (χ3n) is 2.26. The summed E-state index contributed by atoms with van der Waals surface area (Å²) in [6.45, 7) is 1.83. The van der Waals surface area contributed by atoms with E-state index in [0.29, 0.717) is 0 Å². The van der Waals surface area contributed by atoms with Gasteiger partial charge < -0.3 is 10.3 Å². The Labute approximate surface area is 87.4 Å². The summed E-state index contributed by atoms with van der Waals surface area (Å²) in [7, 11) is 0. The van der Waals surface area contributed by atoms with Crippen LogP contribution in [-0.2, 0) is 0 Å². The molecule has 3 nitrogen and oxygen atoms in total. The predicted octanol–water partition coefficient (Wildman–Crippen LogP) is 2.03. The van der Waals surface area contributed by atoms with Crippen molar-refractivity contribution < 1.29 is 4.39 Å². The zero-order valence-electron chi connectivity index (χ0n) is 8.39. The first kappa shape index (κ1) is 9.86. The molecule has 2 rings (SSSR count). The molecule has 0 bridgehead atoms. The van der Waals surface area contributed by atoms with Crippen LogP contribution < -0.4 is 5.73 Å². The van der Waals surface area contributed by atoms with Crippen molar-refractivity contribution in [1.29, 1.82) is 0 Å². The lowest BCUT2D eigenvalue weighted by Crippen LogP contribution is -2.09. The van der Waals surface area contributed by atoms with Crippen molar-refractivity contribution in [2.75, 3.05) is 0 Å². The lowest BCUT2D eigenvalue weighted by Gasteiger charge is -2.13. The van der Waals surface area contributed by atoms with E-state index in [2.05, 4.69) is 4.98 Å². The largest absolute Gasteiger partial charge is 0.324 e. The van der Waals surface area contributed by atoms with Crippen LogP contribution in [0.4, 0.5) is 4.39 Å². The SMILES string of the molecule is C[C@@H](N)c1cc(F)ccc1-n1ccnc1. The molecule has 0 aliphatic carbocycles. The van der Waals surface area contributed by atoms with E-state index in [1.807, 2.05) is 11.5 Å². The number of hydrogen-bond donors (Lipinski definition) is 1. The minimum atomic E-state index is -0.272. The van der Waals surface area contributed by atoms with Gasteiger partial charge in [0.15, 0.2) is 0 Å². The number of halogens is 1. The van der Waals surface area contributed by atoms with Crippen molar-refractivity contribution in [3.8, 4) is 5.69 Å². The van der Waals surface area contributed by atoms with Gasteiger partial charge in [0.05, 0.1) is 12.0 Å². The summed E-state index contributed by atoms with van der Waals surface area (Å²) in [6.07, 6.45) is 5.15. The third-order valence-corrected chi connectivity index (χ3v) is 2.26. The van der Waals surface area contributed by atoms with Crippen LogP contribution in [0.25, 0.3) is 5.69 Å². The molecule has 0 aliphatic rings. The van der Waals surface area contributed by atoms with E-state index in [9.17, 15) is 4.39 Å². The van der Waals surface area contributed by atoms with E-state index in [0.717, 1.165) is 11.3 Å². The highest BCUT2D eigenvalue weighted by molar-refractivity contribution is 5.43. The quantitative estimate of drug-likeness (QED) is 0.815. The van der Waals surface area contributed by atoms with Gasteiger partial charge in [-0.05, 0) is 30.7 Å². The van der Waals surface area contributed by atoms with Gasteiger partial charge in [0.25, 0.3) is 0 Å². The smallest absolute Gasteiger partial charge is 0.123 e. The second kappa shape index (κ2) is 3.82. The van der Waals surface area contributed by atoms with Crippen molar-refractivity contribution >= 4 is 0 Å². The molecule has 0 spiro atoms. The Balaban J connectivity index is 2.56. The molecule has 0 unspecified atom stereocenters. The number of nitrogens with two attached hydrogens (primary N) is 1. The molecule has 2 aromatic rings. The zero-order valence-corrected chi connectivity index (χ0v) is 8.39. The summed E-state index contributed by atoms with van der Waals surface area (Å²) in [4.78, 5) is 3.95. The number of hydrogen-bond acceptors (Lipinski definition) is 2. The van der Waals surface area contributed by atoms with Crippen molar-refractivity contribution in [3.05, 3.63) is 48.3 Å². The van der Waals surface area contributed by atoms with Crippen LogP contribution in [0.1, 0.15) is 18.5 Å². The molecule has 0 saturated heterocycles. The van der Waals surface area contributed by atoms with Crippen LogP contribution in [0.15, 0.2) is 36.9 Å². The Morgan fingerprint density at radius 1 is 1.47 bits per heavy atom. The highest BCUT2D eigenvalue weighted by Crippen LogP contribution is 2.20. The Bertz CT molecular complexity index is 449. The molecule has 1 atom stereocenters. The summed E-state index contributed by atoms with van der Waals surface area (Å²) in [5.41, 5.74) is 7.43. The van der Waals surface area contributed by atoms with Crippen molar-refractivity contribution in [2.24, 2.45) is 5.73 Å². The molecule has 2 N–H and O–H groups in total. The van der Waals surface area contributed by atoms with Gasteiger partial charge in [-0.2, -0.15) is 0 Å². The van der Waals surface area contributed by atoms with E-state index in [4.69, 9.17) is 5.73 Å². The maximum atomic E-state index is 13.1. The van der Waals surface area contributed by atoms with Crippen molar-refractivity contribution in [3.63, 3.8) is 0 Å². The summed E-state index contributed by atoms with van der Waals surface area (Å²) in [6, 6.07) is 4.37. The van der Waals surface area contributed by atoms with Crippen LogP contribution in [-0.4, -0.2) is 9.55 Å². The zero-order chi connectivity index (χ0) is 10.8. The lowest BCUT2D eigenvalue weighted by molar-refractivity contribution is 0.621. The van der Waals surface area contributed by atoms with E-state index >= 15 is 0 Å². The van der Waals surface area contributed by atoms with Gasteiger partial charge in [-0.1, -0.05) is 0 Å². The average Bonchev–Trinajstić information content (AvgIpc) is 2.70. The van der Waals surface area contributed by atoms with Gasteiger partial charge in [0.1, 0.15) is 5.82 Å². The van der Waals surface area contributed by atoms with Crippen molar-refractivity contribution in [2.45, 2.75) is 13.0 Å². The summed E-state index contributed by atoms with van der Waals surface area (Å²) < 4.78 is 14.9. The maximum Gasteiger partial charge on any atom is 0.123 e. The van der Waals surface area contributed by atoms with Gasteiger partial charge in [-0.15, -0.1) is 0 Å². The fourth-order valence-electron chi connectivity index (χ4n) is 1.53. The molecule has 0 saturated carbocycles. The first-order chi connectivity index (χ1) is 7.18. The second-order valence-electron chi connectivity index (χ2n) is 3.46. The van der Waals surface area contributed by atoms with Crippen LogP contribution in [0.2, 0.25) is 0 Å². The highest BCUT2D eigenvalue weighted by atomic mass is 19.1.